The Kier molecular flexibility index (Phi) is 7.13. The molecule has 1 aliphatic heterocycles. The Hall–Kier alpha value is -3.11. The van der Waals surface area contributed by atoms with Gasteiger partial charge in [0.05, 0.1) is 26.0 Å². The summed E-state index contributed by atoms with van der Waals surface area (Å²) in [6.45, 7) is 2.92. The fraction of sp³-hybridized carbons (Fsp3) is 0.333. The highest BCUT2D eigenvalue weighted by Crippen LogP contribution is 2.19. The molecule has 1 aliphatic rings. The first-order chi connectivity index (χ1) is 14.7. The van der Waals surface area contributed by atoms with E-state index in [0.29, 0.717) is 18.9 Å². The van der Waals surface area contributed by atoms with E-state index in [9.17, 15) is 18.0 Å². The minimum atomic E-state index is -3.45. The summed E-state index contributed by atoms with van der Waals surface area (Å²) >= 11 is 0. The lowest BCUT2D eigenvalue weighted by molar-refractivity contribution is -0.116. The quantitative estimate of drug-likeness (QED) is 0.669. The Balaban J connectivity index is 1.56. The van der Waals surface area contributed by atoms with Crippen LogP contribution in [0.25, 0.3) is 0 Å². The van der Waals surface area contributed by atoms with Crippen LogP contribution in [0.3, 0.4) is 0 Å². The molecule has 0 aromatic heterocycles. The fourth-order valence-corrected chi connectivity index (χ4v) is 3.77. The minimum Gasteiger partial charge on any atom is -0.378 e. The Morgan fingerprint density at radius 3 is 2.39 bits per heavy atom. The summed E-state index contributed by atoms with van der Waals surface area (Å²) in [5.41, 5.74) is 2.27. The molecule has 9 nitrogen and oxygen atoms in total. The van der Waals surface area contributed by atoms with Crippen LogP contribution in [0.5, 0.6) is 0 Å². The second-order valence-electron chi connectivity index (χ2n) is 7.31. The number of nitrogens with zero attached hydrogens (tertiary/aromatic N) is 2. The summed E-state index contributed by atoms with van der Waals surface area (Å²) in [5, 5.41) is 2.78. The predicted octanol–water partition coefficient (Wildman–Crippen LogP) is 1.61. The molecule has 2 amide bonds. The lowest BCUT2D eigenvalue weighted by atomic mass is 10.2. The number of ether oxygens (including phenoxy) is 1. The molecule has 0 atom stereocenters. The van der Waals surface area contributed by atoms with Crippen LogP contribution in [0.1, 0.15) is 10.4 Å². The van der Waals surface area contributed by atoms with Gasteiger partial charge in [-0.3, -0.25) is 14.3 Å². The summed E-state index contributed by atoms with van der Waals surface area (Å²) in [6, 6.07) is 13.6. The summed E-state index contributed by atoms with van der Waals surface area (Å²) in [6.07, 6.45) is 1.03. The number of anilines is 3. The maximum Gasteiger partial charge on any atom is 0.254 e. The standard InChI is InChI=1S/C21H26N4O5S/c1-24(21(27)16-4-3-5-18(14-16)23-31(2,28)29)15-20(26)22-17-6-8-19(9-7-17)25-10-12-30-13-11-25/h3-9,14,23H,10-13,15H2,1-2H3,(H,22,26). The van der Waals surface area contributed by atoms with Gasteiger partial charge in [0.25, 0.3) is 5.91 Å². The van der Waals surface area contributed by atoms with Gasteiger partial charge in [-0.25, -0.2) is 8.42 Å². The molecule has 1 fully saturated rings. The van der Waals surface area contributed by atoms with Gasteiger partial charge < -0.3 is 19.9 Å². The monoisotopic (exact) mass is 446 g/mol. The molecule has 31 heavy (non-hydrogen) atoms. The van der Waals surface area contributed by atoms with Crippen molar-refractivity contribution >= 4 is 38.9 Å². The zero-order valence-corrected chi connectivity index (χ0v) is 18.3. The van der Waals surface area contributed by atoms with E-state index >= 15 is 0 Å². The molecule has 0 saturated carbocycles. The average Bonchev–Trinajstić information content (AvgIpc) is 2.73. The Labute approximate surface area is 182 Å². The van der Waals surface area contributed by atoms with Gasteiger partial charge in [-0.05, 0) is 42.5 Å². The summed E-state index contributed by atoms with van der Waals surface area (Å²) in [4.78, 5) is 28.5. The molecular formula is C21H26N4O5S. The van der Waals surface area contributed by atoms with E-state index in [1.807, 2.05) is 24.3 Å². The second-order valence-corrected chi connectivity index (χ2v) is 9.06. The highest BCUT2D eigenvalue weighted by atomic mass is 32.2. The maximum absolute atomic E-state index is 12.6. The zero-order chi connectivity index (χ0) is 22.4. The van der Waals surface area contributed by atoms with Crippen LogP contribution in [-0.2, 0) is 19.6 Å². The van der Waals surface area contributed by atoms with E-state index in [2.05, 4.69) is 14.9 Å². The number of sulfonamides is 1. The van der Waals surface area contributed by atoms with Crippen molar-refractivity contribution in [2.24, 2.45) is 0 Å². The van der Waals surface area contributed by atoms with Gasteiger partial charge >= 0.3 is 0 Å². The smallest absolute Gasteiger partial charge is 0.254 e. The average molecular weight is 447 g/mol. The minimum absolute atomic E-state index is 0.145. The van der Waals surface area contributed by atoms with Crippen molar-refractivity contribution < 1.29 is 22.7 Å². The van der Waals surface area contributed by atoms with Gasteiger partial charge in [-0.15, -0.1) is 0 Å². The molecule has 2 N–H and O–H groups in total. The van der Waals surface area contributed by atoms with Crippen LogP contribution in [0, 0.1) is 0 Å². The third-order valence-corrected chi connectivity index (χ3v) is 5.27. The van der Waals surface area contributed by atoms with Gasteiger partial charge in [0.2, 0.25) is 15.9 Å². The third-order valence-electron chi connectivity index (χ3n) is 4.67. The molecule has 3 rings (SSSR count). The highest BCUT2D eigenvalue weighted by molar-refractivity contribution is 7.92. The van der Waals surface area contributed by atoms with E-state index in [1.54, 1.807) is 18.2 Å². The number of amides is 2. The summed E-state index contributed by atoms with van der Waals surface area (Å²) < 4.78 is 30.4. The summed E-state index contributed by atoms with van der Waals surface area (Å²) in [7, 11) is -1.94. The van der Waals surface area contributed by atoms with Crippen molar-refractivity contribution in [2.75, 3.05) is 61.1 Å². The van der Waals surface area contributed by atoms with Crippen LogP contribution in [0.15, 0.2) is 48.5 Å². The molecule has 0 spiro atoms. The normalized spacial score (nSPS) is 14.1. The fourth-order valence-electron chi connectivity index (χ4n) is 3.22. The molecule has 1 heterocycles. The lowest BCUT2D eigenvalue weighted by Crippen LogP contribution is -2.36. The second kappa shape index (κ2) is 9.80. The van der Waals surface area contributed by atoms with Crippen molar-refractivity contribution in [2.45, 2.75) is 0 Å². The van der Waals surface area contributed by atoms with Crippen molar-refractivity contribution in [3.8, 4) is 0 Å². The number of morpholine rings is 1. The Morgan fingerprint density at radius 2 is 1.74 bits per heavy atom. The summed E-state index contributed by atoms with van der Waals surface area (Å²) in [5.74, 6) is -0.727. The maximum atomic E-state index is 12.6. The zero-order valence-electron chi connectivity index (χ0n) is 17.5. The molecule has 1 saturated heterocycles. The van der Waals surface area contributed by atoms with Crippen LogP contribution in [0.4, 0.5) is 17.1 Å². The van der Waals surface area contributed by atoms with E-state index in [1.165, 1.54) is 18.0 Å². The van der Waals surface area contributed by atoms with E-state index in [0.717, 1.165) is 25.0 Å². The molecule has 0 aliphatic carbocycles. The number of carbonyl (C=O) groups is 2. The third kappa shape index (κ3) is 6.69. The number of carbonyl (C=O) groups excluding carboxylic acids is 2. The molecular weight excluding hydrogens is 420 g/mol. The van der Waals surface area contributed by atoms with Crippen LogP contribution < -0.4 is 14.9 Å². The largest absolute Gasteiger partial charge is 0.378 e. The number of hydrogen-bond donors (Lipinski definition) is 2. The first-order valence-electron chi connectivity index (χ1n) is 9.77. The lowest BCUT2D eigenvalue weighted by Gasteiger charge is -2.28. The van der Waals surface area contributed by atoms with Crippen molar-refractivity contribution in [1.29, 1.82) is 0 Å². The Bertz CT molecular complexity index is 1030. The van der Waals surface area contributed by atoms with Crippen molar-refractivity contribution in [3.05, 3.63) is 54.1 Å². The van der Waals surface area contributed by atoms with Crippen LogP contribution in [0.2, 0.25) is 0 Å². The molecule has 2 aromatic rings. The van der Waals surface area contributed by atoms with Gasteiger partial charge in [0, 0.05) is 42.8 Å². The van der Waals surface area contributed by atoms with Gasteiger partial charge in [-0.1, -0.05) is 6.07 Å². The van der Waals surface area contributed by atoms with Crippen molar-refractivity contribution in [1.82, 2.24) is 4.90 Å². The Morgan fingerprint density at radius 1 is 1.06 bits per heavy atom. The molecule has 0 unspecified atom stereocenters. The van der Waals surface area contributed by atoms with Gasteiger partial charge in [-0.2, -0.15) is 0 Å². The van der Waals surface area contributed by atoms with Gasteiger partial charge in [0.15, 0.2) is 0 Å². The first kappa shape index (κ1) is 22.6. The van der Waals surface area contributed by atoms with E-state index < -0.39 is 15.9 Å². The van der Waals surface area contributed by atoms with E-state index in [-0.39, 0.29) is 23.7 Å². The van der Waals surface area contributed by atoms with Crippen LogP contribution in [-0.4, -0.2) is 71.3 Å². The predicted molar refractivity (Wildman–Crippen MR) is 120 cm³/mol. The number of benzene rings is 2. The van der Waals surface area contributed by atoms with Gasteiger partial charge in [0.1, 0.15) is 0 Å². The molecule has 166 valence electrons. The van der Waals surface area contributed by atoms with E-state index in [4.69, 9.17) is 4.74 Å². The topological polar surface area (TPSA) is 108 Å². The number of nitrogens with one attached hydrogen (secondary N) is 2. The van der Waals surface area contributed by atoms with Crippen LogP contribution >= 0.6 is 0 Å². The molecule has 0 radical (unpaired) electrons. The number of hydrogen-bond acceptors (Lipinski definition) is 6. The van der Waals surface area contributed by atoms with Crippen molar-refractivity contribution in [3.63, 3.8) is 0 Å². The SMILES string of the molecule is CN(CC(=O)Nc1ccc(N2CCOCC2)cc1)C(=O)c1cccc(NS(C)(=O)=O)c1. The highest BCUT2D eigenvalue weighted by Gasteiger charge is 2.16. The number of rotatable bonds is 7. The first-order valence-corrected chi connectivity index (χ1v) is 11.7. The molecule has 0 bridgehead atoms. The molecule has 2 aromatic carbocycles. The number of likely N-dealkylation sites (N-methyl/N-ethyl adjacent to an activating group) is 1. The molecule has 10 heteroatoms.